The molecule has 13 heavy (non-hydrogen) atoms. The summed E-state index contributed by atoms with van der Waals surface area (Å²) >= 11 is 5.63. The van der Waals surface area contributed by atoms with E-state index in [2.05, 4.69) is 0 Å². The van der Waals surface area contributed by atoms with Gasteiger partial charge in [0, 0.05) is 11.1 Å². The first-order valence-corrected chi connectivity index (χ1v) is 4.02. The molecule has 0 saturated carbocycles. The Hall–Kier alpha value is -1.13. The quantitative estimate of drug-likeness (QED) is 0.590. The molecule has 0 spiro atoms. The number of hydrogen-bond donors (Lipinski definition) is 1. The summed E-state index contributed by atoms with van der Waals surface area (Å²) in [7, 11) is 0. The monoisotopic (exact) mass is 201 g/mol. The van der Waals surface area contributed by atoms with Crippen LogP contribution in [0.1, 0.15) is 18.6 Å². The molecular formula is C8H8ClNO3. The smallest absolute Gasteiger partial charge is 0.275 e. The van der Waals surface area contributed by atoms with Crippen LogP contribution in [0, 0.1) is 10.1 Å². The fourth-order valence-corrected chi connectivity index (χ4v) is 1.21. The summed E-state index contributed by atoms with van der Waals surface area (Å²) in [6.45, 7) is 1.46. The van der Waals surface area contributed by atoms with Gasteiger partial charge in [-0.15, -0.1) is 0 Å². The summed E-state index contributed by atoms with van der Waals surface area (Å²) < 4.78 is 0. The summed E-state index contributed by atoms with van der Waals surface area (Å²) in [5.41, 5.74) is 0.122. The van der Waals surface area contributed by atoms with E-state index >= 15 is 0 Å². The van der Waals surface area contributed by atoms with Crippen LogP contribution in [0.15, 0.2) is 18.2 Å². The second-order valence-corrected chi connectivity index (χ2v) is 3.07. The predicted octanol–water partition coefficient (Wildman–Crippen LogP) is 2.30. The van der Waals surface area contributed by atoms with E-state index in [0.717, 1.165) is 0 Å². The highest BCUT2D eigenvalue weighted by Crippen LogP contribution is 2.27. The minimum absolute atomic E-state index is 0.112. The minimum Gasteiger partial charge on any atom is -0.388 e. The van der Waals surface area contributed by atoms with Crippen LogP contribution in [0.4, 0.5) is 5.69 Å². The Kier molecular flexibility index (Phi) is 2.85. The molecular weight excluding hydrogens is 194 g/mol. The molecule has 0 heterocycles. The molecule has 4 nitrogen and oxygen atoms in total. The Morgan fingerprint density at radius 3 is 2.69 bits per heavy atom. The highest BCUT2D eigenvalue weighted by molar-refractivity contribution is 6.30. The minimum atomic E-state index is -0.890. The van der Waals surface area contributed by atoms with E-state index in [4.69, 9.17) is 11.6 Å². The first-order valence-electron chi connectivity index (χ1n) is 3.64. The van der Waals surface area contributed by atoms with Crippen LogP contribution < -0.4 is 0 Å². The van der Waals surface area contributed by atoms with Gasteiger partial charge in [-0.05, 0) is 19.1 Å². The molecule has 0 aliphatic carbocycles. The van der Waals surface area contributed by atoms with E-state index < -0.39 is 11.0 Å². The molecule has 0 fully saturated rings. The van der Waals surface area contributed by atoms with Crippen molar-refractivity contribution in [3.05, 3.63) is 38.9 Å². The number of aliphatic hydroxyl groups is 1. The van der Waals surface area contributed by atoms with Gasteiger partial charge < -0.3 is 5.11 Å². The molecule has 0 amide bonds. The first-order chi connectivity index (χ1) is 6.02. The van der Waals surface area contributed by atoms with Crippen molar-refractivity contribution in [2.24, 2.45) is 0 Å². The molecule has 1 N–H and O–H groups in total. The Morgan fingerprint density at radius 2 is 2.23 bits per heavy atom. The van der Waals surface area contributed by atoms with Crippen LogP contribution in [0.3, 0.4) is 0 Å². The topological polar surface area (TPSA) is 63.4 Å². The number of nitrogens with zero attached hydrogens (tertiary/aromatic N) is 1. The highest BCUT2D eigenvalue weighted by Gasteiger charge is 2.17. The van der Waals surface area contributed by atoms with Gasteiger partial charge in [0.25, 0.3) is 5.69 Å². The van der Waals surface area contributed by atoms with Gasteiger partial charge in [0.2, 0.25) is 0 Å². The highest BCUT2D eigenvalue weighted by atomic mass is 35.5. The van der Waals surface area contributed by atoms with Gasteiger partial charge in [0.15, 0.2) is 0 Å². The van der Waals surface area contributed by atoms with Crippen molar-refractivity contribution in [1.29, 1.82) is 0 Å². The fraction of sp³-hybridized carbons (Fsp3) is 0.250. The van der Waals surface area contributed by atoms with Crippen molar-refractivity contribution < 1.29 is 10.0 Å². The maximum atomic E-state index is 10.5. The molecule has 0 saturated heterocycles. The van der Waals surface area contributed by atoms with Gasteiger partial charge in [0.1, 0.15) is 0 Å². The number of aliphatic hydroxyl groups excluding tert-OH is 1. The van der Waals surface area contributed by atoms with E-state index in [1.165, 1.54) is 25.1 Å². The maximum Gasteiger partial charge on any atom is 0.275 e. The molecule has 1 aromatic rings. The summed E-state index contributed by atoms with van der Waals surface area (Å²) in [4.78, 5) is 9.95. The van der Waals surface area contributed by atoms with E-state index in [1.807, 2.05) is 0 Å². The molecule has 1 rings (SSSR count). The lowest BCUT2D eigenvalue weighted by Gasteiger charge is -2.05. The van der Waals surface area contributed by atoms with E-state index in [1.54, 1.807) is 0 Å². The Bertz CT molecular complexity index is 338. The number of nitro groups is 1. The van der Waals surface area contributed by atoms with Gasteiger partial charge in [-0.1, -0.05) is 11.6 Å². The summed E-state index contributed by atoms with van der Waals surface area (Å²) in [6, 6.07) is 4.10. The van der Waals surface area contributed by atoms with Gasteiger partial charge >= 0.3 is 0 Å². The summed E-state index contributed by atoms with van der Waals surface area (Å²) in [5.74, 6) is 0. The molecule has 5 heteroatoms. The molecule has 0 aliphatic rings. The zero-order valence-electron chi connectivity index (χ0n) is 6.90. The molecule has 0 radical (unpaired) electrons. The largest absolute Gasteiger partial charge is 0.388 e. The third-order valence-electron chi connectivity index (χ3n) is 1.64. The van der Waals surface area contributed by atoms with Crippen LogP contribution >= 0.6 is 11.6 Å². The standard InChI is InChI=1S/C8H8ClNO3/c1-5(11)7-4-6(9)2-3-8(7)10(12)13/h2-5,11H,1H3. The van der Waals surface area contributed by atoms with E-state index in [0.29, 0.717) is 5.02 Å². The number of rotatable bonds is 2. The van der Waals surface area contributed by atoms with Gasteiger partial charge in [0.05, 0.1) is 16.6 Å². The van der Waals surface area contributed by atoms with Crippen molar-refractivity contribution in [3.8, 4) is 0 Å². The van der Waals surface area contributed by atoms with Crippen LogP contribution in [0.25, 0.3) is 0 Å². The lowest BCUT2D eigenvalue weighted by Crippen LogP contribution is -1.98. The van der Waals surface area contributed by atoms with E-state index in [9.17, 15) is 15.2 Å². The Labute approximate surface area is 79.9 Å². The van der Waals surface area contributed by atoms with Crippen molar-refractivity contribution in [3.63, 3.8) is 0 Å². The average Bonchev–Trinajstić information content (AvgIpc) is 2.03. The second kappa shape index (κ2) is 3.72. The number of halogens is 1. The third kappa shape index (κ3) is 2.17. The van der Waals surface area contributed by atoms with E-state index in [-0.39, 0.29) is 11.3 Å². The number of nitro benzene ring substituents is 1. The van der Waals surface area contributed by atoms with Crippen LogP contribution in [-0.4, -0.2) is 10.0 Å². The molecule has 0 aliphatic heterocycles. The van der Waals surface area contributed by atoms with Crippen molar-refractivity contribution in [2.45, 2.75) is 13.0 Å². The van der Waals surface area contributed by atoms with Crippen molar-refractivity contribution in [2.75, 3.05) is 0 Å². The molecule has 1 atom stereocenters. The normalized spacial score (nSPS) is 12.5. The van der Waals surface area contributed by atoms with Crippen LogP contribution in [0.5, 0.6) is 0 Å². The lowest BCUT2D eigenvalue weighted by atomic mass is 10.1. The summed E-state index contributed by atoms with van der Waals surface area (Å²) in [6.07, 6.45) is -0.890. The SMILES string of the molecule is CC(O)c1cc(Cl)ccc1[N+](=O)[O-]. The molecule has 0 aromatic heterocycles. The average molecular weight is 202 g/mol. The number of hydrogen-bond acceptors (Lipinski definition) is 3. The van der Waals surface area contributed by atoms with Crippen molar-refractivity contribution in [1.82, 2.24) is 0 Å². The zero-order chi connectivity index (χ0) is 10.0. The first kappa shape index (κ1) is 9.95. The van der Waals surface area contributed by atoms with Crippen LogP contribution in [-0.2, 0) is 0 Å². The summed E-state index contributed by atoms with van der Waals surface area (Å²) in [5, 5.41) is 20.1. The Morgan fingerprint density at radius 1 is 1.62 bits per heavy atom. The molecule has 0 bridgehead atoms. The molecule has 1 unspecified atom stereocenters. The van der Waals surface area contributed by atoms with Gasteiger partial charge in [-0.2, -0.15) is 0 Å². The van der Waals surface area contributed by atoms with Crippen molar-refractivity contribution >= 4 is 17.3 Å². The lowest BCUT2D eigenvalue weighted by molar-refractivity contribution is -0.386. The number of benzene rings is 1. The molecule has 1 aromatic carbocycles. The van der Waals surface area contributed by atoms with Gasteiger partial charge in [-0.25, -0.2) is 0 Å². The second-order valence-electron chi connectivity index (χ2n) is 2.64. The maximum absolute atomic E-state index is 10.5. The Balaban J connectivity index is 3.26. The zero-order valence-corrected chi connectivity index (χ0v) is 7.65. The van der Waals surface area contributed by atoms with Gasteiger partial charge in [-0.3, -0.25) is 10.1 Å². The predicted molar refractivity (Wildman–Crippen MR) is 48.7 cm³/mol. The molecule has 70 valence electrons. The fourth-order valence-electron chi connectivity index (χ4n) is 1.03. The van der Waals surface area contributed by atoms with Crippen LogP contribution in [0.2, 0.25) is 5.02 Å². The third-order valence-corrected chi connectivity index (χ3v) is 1.87.